The minimum atomic E-state index is -3.11. The topological polar surface area (TPSA) is 78.5 Å². The summed E-state index contributed by atoms with van der Waals surface area (Å²) < 4.78 is 22.9. The van der Waals surface area contributed by atoms with Crippen LogP contribution in [0.5, 0.6) is 0 Å². The maximum absolute atomic E-state index is 12.0. The van der Waals surface area contributed by atoms with Gasteiger partial charge in [-0.2, -0.15) is 0 Å². The van der Waals surface area contributed by atoms with Gasteiger partial charge in [-0.1, -0.05) is 0 Å². The minimum Gasteiger partial charge on any atom is -0.350 e. The Morgan fingerprint density at radius 3 is 2.55 bits per heavy atom. The Morgan fingerprint density at radius 1 is 1.35 bits per heavy atom. The van der Waals surface area contributed by atoms with E-state index >= 15 is 0 Å². The third-order valence-electron chi connectivity index (χ3n) is 3.95. The number of carbonyl (C=O) groups excluding carboxylic acids is 1. The summed E-state index contributed by atoms with van der Waals surface area (Å²) in [7, 11) is -1.18. The lowest BCUT2D eigenvalue weighted by atomic mass is 10.1. The zero-order valence-corrected chi connectivity index (χ0v) is 13.2. The van der Waals surface area contributed by atoms with Crippen molar-refractivity contribution in [1.82, 2.24) is 15.5 Å². The number of nitrogens with one attached hydrogen (secondary N) is 2. The van der Waals surface area contributed by atoms with E-state index < -0.39 is 21.3 Å². The number of hydrogen-bond acceptors (Lipinski definition) is 5. The molecule has 116 valence electrons. The van der Waals surface area contributed by atoms with Crippen LogP contribution in [-0.4, -0.2) is 74.9 Å². The zero-order valence-electron chi connectivity index (χ0n) is 11.6. The first-order valence-corrected chi connectivity index (χ1v) is 9.18. The fraction of sp³-hybridized carbons (Fsp3) is 0.917. The molecule has 0 aromatic carbocycles. The number of alkyl halides is 1. The molecule has 0 aromatic heterocycles. The molecular formula is C12H22ClN3O3S. The summed E-state index contributed by atoms with van der Waals surface area (Å²) in [6.07, 6.45) is 2.05. The van der Waals surface area contributed by atoms with Crippen molar-refractivity contribution in [2.24, 2.45) is 0 Å². The van der Waals surface area contributed by atoms with E-state index in [4.69, 9.17) is 11.6 Å². The Morgan fingerprint density at radius 2 is 2.00 bits per heavy atom. The quantitative estimate of drug-likeness (QED) is 0.662. The van der Waals surface area contributed by atoms with E-state index in [-0.39, 0.29) is 24.0 Å². The molecule has 2 aliphatic heterocycles. The zero-order chi connectivity index (χ0) is 14.8. The molecule has 0 aliphatic carbocycles. The fourth-order valence-corrected chi connectivity index (χ4v) is 5.34. The highest BCUT2D eigenvalue weighted by Gasteiger charge is 2.37. The monoisotopic (exact) mass is 323 g/mol. The van der Waals surface area contributed by atoms with E-state index in [0.717, 1.165) is 25.9 Å². The van der Waals surface area contributed by atoms with Gasteiger partial charge in [0, 0.05) is 6.04 Å². The predicted octanol–water partition coefficient (Wildman–Crippen LogP) is -0.809. The van der Waals surface area contributed by atoms with Crippen LogP contribution in [0.1, 0.15) is 12.8 Å². The van der Waals surface area contributed by atoms with Gasteiger partial charge in [0.25, 0.3) is 0 Å². The van der Waals surface area contributed by atoms with E-state index in [2.05, 4.69) is 10.6 Å². The average molecular weight is 324 g/mol. The van der Waals surface area contributed by atoms with Crippen LogP contribution in [0.4, 0.5) is 0 Å². The molecule has 2 aliphatic rings. The molecule has 6 nitrogen and oxygen atoms in total. The number of halogens is 1. The van der Waals surface area contributed by atoms with E-state index in [1.165, 1.54) is 0 Å². The van der Waals surface area contributed by atoms with Crippen LogP contribution in [0.2, 0.25) is 0 Å². The van der Waals surface area contributed by atoms with Crippen molar-refractivity contribution in [2.75, 3.05) is 38.2 Å². The first kappa shape index (κ1) is 16.0. The van der Waals surface area contributed by atoms with Crippen molar-refractivity contribution in [2.45, 2.75) is 30.3 Å². The van der Waals surface area contributed by atoms with Crippen LogP contribution in [0, 0.1) is 0 Å². The van der Waals surface area contributed by atoms with Crippen molar-refractivity contribution in [3.8, 4) is 0 Å². The fourth-order valence-electron chi connectivity index (χ4n) is 2.79. The standard InChI is InChI=1S/C12H22ClN3O3S/c1-16(9-2-4-14-5-3-9)6-12(17)15-11-8-20(18,19)7-10(11)13/h9-11,14H,2-8H2,1H3,(H,15,17). The van der Waals surface area contributed by atoms with Crippen molar-refractivity contribution in [1.29, 1.82) is 0 Å². The highest BCUT2D eigenvalue weighted by molar-refractivity contribution is 7.91. The van der Waals surface area contributed by atoms with Gasteiger partial charge in [0.1, 0.15) is 0 Å². The van der Waals surface area contributed by atoms with Gasteiger partial charge >= 0.3 is 0 Å². The lowest BCUT2D eigenvalue weighted by Gasteiger charge is -2.31. The summed E-state index contributed by atoms with van der Waals surface area (Å²) in [5.41, 5.74) is 0. The summed E-state index contributed by atoms with van der Waals surface area (Å²) in [6.45, 7) is 2.23. The molecule has 20 heavy (non-hydrogen) atoms. The van der Waals surface area contributed by atoms with Gasteiger partial charge in [0.2, 0.25) is 5.91 Å². The highest BCUT2D eigenvalue weighted by atomic mass is 35.5. The van der Waals surface area contributed by atoms with Crippen LogP contribution >= 0.6 is 11.6 Å². The van der Waals surface area contributed by atoms with Gasteiger partial charge in [-0.25, -0.2) is 8.42 Å². The Hall–Kier alpha value is -0.370. The Balaban J connectivity index is 1.80. The molecule has 2 atom stereocenters. The second kappa shape index (κ2) is 6.60. The van der Waals surface area contributed by atoms with Crippen molar-refractivity contribution in [3.63, 3.8) is 0 Å². The van der Waals surface area contributed by atoms with Gasteiger partial charge in [0.05, 0.1) is 29.5 Å². The van der Waals surface area contributed by atoms with E-state index in [0.29, 0.717) is 6.04 Å². The molecule has 2 N–H and O–H groups in total. The van der Waals surface area contributed by atoms with Gasteiger partial charge in [0.15, 0.2) is 9.84 Å². The van der Waals surface area contributed by atoms with E-state index in [1.54, 1.807) is 0 Å². The molecule has 0 radical (unpaired) electrons. The molecule has 2 fully saturated rings. The third-order valence-corrected chi connectivity index (χ3v) is 6.33. The number of sulfone groups is 1. The second-order valence-corrected chi connectivity index (χ2v) is 8.38. The van der Waals surface area contributed by atoms with Crippen molar-refractivity contribution in [3.05, 3.63) is 0 Å². The number of hydrogen-bond donors (Lipinski definition) is 2. The Labute approximate surface area is 125 Å². The maximum Gasteiger partial charge on any atom is 0.234 e. The summed E-state index contributed by atoms with van der Waals surface area (Å²) >= 11 is 5.98. The van der Waals surface area contributed by atoms with Crippen LogP contribution in [-0.2, 0) is 14.6 Å². The average Bonchev–Trinajstić information content (AvgIpc) is 2.63. The summed E-state index contributed by atoms with van der Waals surface area (Å²) in [5, 5.41) is 5.51. The largest absolute Gasteiger partial charge is 0.350 e. The predicted molar refractivity (Wildman–Crippen MR) is 78.7 cm³/mol. The van der Waals surface area contributed by atoms with Crippen LogP contribution < -0.4 is 10.6 Å². The SMILES string of the molecule is CN(CC(=O)NC1CS(=O)(=O)CC1Cl)C1CCNCC1. The molecule has 2 unspecified atom stereocenters. The van der Waals surface area contributed by atoms with Crippen LogP contribution in [0.15, 0.2) is 0 Å². The number of piperidine rings is 1. The second-order valence-electron chi connectivity index (χ2n) is 5.66. The molecule has 2 saturated heterocycles. The Kier molecular flexibility index (Phi) is 5.28. The number of rotatable bonds is 4. The van der Waals surface area contributed by atoms with Gasteiger partial charge < -0.3 is 10.6 Å². The Bertz CT molecular complexity index is 451. The normalized spacial score (nSPS) is 30.6. The van der Waals surface area contributed by atoms with E-state index in [1.807, 2.05) is 11.9 Å². The molecule has 1 amide bonds. The number of nitrogens with zero attached hydrogens (tertiary/aromatic N) is 1. The van der Waals surface area contributed by atoms with Gasteiger partial charge in [-0.05, 0) is 33.0 Å². The maximum atomic E-state index is 12.0. The molecule has 0 saturated carbocycles. The lowest BCUT2D eigenvalue weighted by molar-refractivity contribution is -0.123. The molecule has 2 heterocycles. The van der Waals surface area contributed by atoms with Crippen LogP contribution in [0.3, 0.4) is 0 Å². The van der Waals surface area contributed by atoms with Crippen LogP contribution in [0.25, 0.3) is 0 Å². The van der Waals surface area contributed by atoms with Gasteiger partial charge in [-0.15, -0.1) is 11.6 Å². The highest BCUT2D eigenvalue weighted by Crippen LogP contribution is 2.18. The number of likely N-dealkylation sites (N-methyl/N-ethyl adjacent to an activating group) is 1. The number of amides is 1. The summed E-state index contributed by atoms with van der Waals surface area (Å²) in [5.74, 6) is -0.257. The number of carbonyl (C=O) groups is 1. The first-order valence-electron chi connectivity index (χ1n) is 6.92. The molecule has 0 aromatic rings. The summed E-state index contributed by atoms with van der Waals surface area (Å²) in [4.78, 5) is 14.0. The molecule has 0 spiro atoms. The molecular weight excluding hydrogens is 302 g/mol. The minimum absolute atomic E-state index is 0.0516. The molecule has 2 rings (SSSR count). The first-order chi connectivity index (χ1) is 9.37. The third kappa shape index (κ3) is 4.31. The molecule has 0 bridgehead atoms. The summed E-state index contributed by atoms with van der Waals surface area (Å²) in [6, 6.07) is -0.0586. The van der Waals surface area contributed by atoms with Crippen molar-refractivity contribution < 1.29 is 13.2 Å². The van der Waals surface area contributed by atoms with E-state index in [9.17, 15) is 13.2 Å². The molecule has 8 heteroatoms. The lowest BCUT2D eigenvalue weighted by Crippen LogP contribution is -2.48. The van der Waals surface area contributed by atoms with Gasteiger partial charge in [-0.3, -0.25) is 9.69 Å². The smallest absolute Gasteiger partial charge is 0.234 e. The van der Waals surface area contributed by atoms with Crippen molar-refractivity contribution >= 4 is 27.3 Å².